The average molecular weight is 141 g/mol. The molecule has 0 amide bonds. The molecule has 0 aliphatic rings. The summed E-state index contributed by atoms with van der Waals surface area (Å²) in [4.78, 5) is 3.50. The fourth-order valence-corrected chi connectivity index (χ4v) is 0.694. The Balaban J connectivity index is 3.09. The topological polar surface area (TPSA) is 22.1 Å². The second-order valence-electron chi connectivity index (χ2n) is 1.96. The molecule has 0 atom stereocenters. The molecule has 0 fully saturated rings. The van der Waals surface area contributed by atoms with Gasteiger partial charge >= 0.3 is 0 Å². The van der Waals surface area contributed by atoms with Crippen molar-refractivity contribution < 1.29 is 9.13 Å². The smallest absolute Gasteiger partial charge is 0.218 e. The van der Waals surface area contributed by atoms with Crippen LogP contribution in [-0.4, -0.2) is 12.1 Å². The molecule has 1 aromatic heterocycles. The molecule has 3 heteroatoms. The van der Waals surface area contributed by atoms with Crippen molar-refractivity contribution in [3.05, 3.63) is 23.6 Å². The third-order valence-electron chi connectivity index (χ3n) is 1.21. The lowest BCUT2D eigenvalue weighted by Gasteiger charge is -2.00. The molecule has 0 saturated carbocycles. The highest BCUT2D eigenvalue weighted by Crippen LogP contribution is 2.12. The van der Waals surface area contributed by atoms with Crippen LogP contribution in [0.2, 0.25) is 0 Å². The fraction of sp³-hybridized carbons (Fsp3) is 0.286. The summed E-state index contributed by atoms with van der Waals surface area (Å²) in [6, 6.07) is 2.93. The van der Waals surface area contributed by atoms with Gasteiger partial charge in [0, 0.05) is 5.56 Å². The molecule has 1 aromatic rings. The molecule has 10 heavy (non-hydrogen) atoms. The number of hydrogen-bond acceptors (Lipinski definition) is 2. The van der Waals surface area contributed by atoms with Crippen molar-refractivity contribution in [1.29, 1.82) is 0 Å². The standard InChI is InChI=1S/C7H8FNO/c1-5-3-4-6(8)9-7(5)10-2/h3-4H,1-2H3. The molecule has 0 radical (unpaired) electrons. The summed E-state index contributed by atoms with van der Waals surface area (Å²) in [6.07, 6.45) is 0. The first-order valence-electron chi connectivity index (χ1n) is 2.91. The summed E-state index contributed by atoms with van der Waals surface area (Å²) in [5, 5.41) is 0. The lowest BCUT2D eigenvalue weighted by molar-refractivity contribution is 0.384. The first kappa shape index (κ1) is 6.99. The molecule has 0 aromatic carbocycles. The number of aromatic nitrogens is 1. The molecular weight excluding hydrogens is 133 g/mol. The van der Waals surface area contributed by atoms with E-state index in [2.05, 4.69) is 4.98 Å². The van der Waals surface area contributed by atoms with Crippen molar-refractivity contribution in [3.63, 3.8) is 0 Å². The lowest BCUT2D eigenvalue weighted by atomic mass is 10.3. The number of methoxy groups -OCH3 is 1. The average Bonchev–Trinajstić information content (AvgIpc) is 1.94. The van der Waals surface area contributed by atoms with E-state index >= 15 is 0 Å². The third kappa shape index (κ3) is 1.23. The zero-order valence-corrected chi connectivity index (χ0v) is 5.89. The van der Waals surface area contributed by atoms with Gasteiger partial charge in [0.15, 0.2) is 0 Å². The van der Waals surface area contributed by atoms with E-state index in [-0.39, 0.29) is 0 Å². The number of halogens is 1. The molecule has 1 rings (SSSR count). The Morgan fingerprint density at radius 3 is 2.70 bits per heavy atom. The van der Waals surface area contributed by atoms with Crippen LogP contribution in [0.15, 0.2) is 12.1 Å². The summed E-state index contributed by atoms with van der Waals surface area (Å²) >= 11 is 0. The number of nitrogens with zero attached hydrogens (tertiary/aromatic N) is 1. The summed E-state index contributed by atoms with van der Waals surface area (Å²) < 4.78 is 17.1. The molecule has 54 valence electrons. The summed E-state index contributed by atoms with van der Waals surface area (Å²) in [5.41, 5.74) is 0.837. The predicted octanol–water partition coefficient (Wildman–Crippen LogP) is 1.54. The number of pyridine rings is 1. The minimum absolute atomic E-state index is 0.347. The zero-order valence-electron chi connectivity index (χ0n) is 5.89. The largest absolute Gasteiger partial charge is 0.481 e. The molecule has 0 aliphatic carbocycles. The van der Waals surface area contributed by atoms with Gasteiger partial charge in [-0.05, 0) is 19.1 Å². The second kappa shape index (κ2) is 2.64. The molecule has 0 spiro atoms. The van der Waals surface area contributed by atoms with Gasteiger partial charge in [0.1, 0.15) is 0 Å². The highest BCUT2D eigenvalue weighted by molar-refractivity contribution is 5.23. The SMILES string of the molecule is COc1nc(F)ccc1C. The van der Waals surface area contributed by atoms with E-state index in [0.717, 1.165) is 5.56 Å². The van der Waals surface area contributed by atoms with Gasteiger partial charge in [-0.1, -0.05) is 0 Å². The van der Waals surface area contributed by atoms with Crippen LogP contribution in [0.1, 0.15) is 5.56 Å². The van der Waals surface area contributed by atoms with Crippen LogP contribution in [0.4, 0.5) is 4.39 Å². The number of aryl methyl sites for hydroxylation is 1. The van der Waals surface area contributed by atoms with Gasteiger partial charge in [0.2, 0.25) is 11.8 Å². The van der Waals surface area contributed by atoms with E-state index in [4.69, 9.17) is 4.74 Å². The Morgan fingerprint density at radius 1 is 1.50 bits per heavy atom. The van der Waals surface area contributed by atoms with E-state index in [1.54, 1.807) is 6.07 Å². The Hall–Kier alpha value is -1.12. The lowest BCUT2D eigenvalue weighted by Crippen LogP contribution is -1.92. The highest BCUT2D eigenvalue weighted by Gasteiger charge is 1.99. The van der Waals surface area contributed by atoms with Crippen LogP contribution in [0.25, 0.3) is 0 Å². The van der Waals surface area contributed by atoms with Gasteiger partial charge in [-0.25, -0.2) is 0 Å². The molecular formula is C7H8FNO. The van der Waals surface area contributed by atoms with E-state index in [9.17, 15) is 4.39 Å². The van der Waals surface area contributed by atoms with Crippen molar-refractivity contribution >= 4 is 0 Å². The van der Waals surface area contributed by atoms with Gasteiger partial charge in [-0.2, -0.15) is 9.37 Å². The highest BCUT2D eigenvalue weighted by atomic mass is 19.1. The summed E-state index contributed by atoms with van der Waals surface area (Å²) in [7, 11) is 1.47. The van der Waals surface area contributed by atoms with Gasteiger partial charge in [0.25, 0.3) is 0 Å². The van der Waals surface area contributed by atoms with Crippen LogP contribution in [-0.2, 0) is 0 Å². The quantitative estimate of drug-likeness (QED) is 0.553. The number of rotatable bonds is 1. The maximum absolute atomic E-state index is 12.3. The fourth-order valence-electron chi connectivity index (χ4n) is 0.694. The maximum atomic E-state index is 12.3. The summed E-state index contributed by atoms with van der Waals surface area (Å²) in [5.74, 6) is -0.164. The Morgan fingerprint density at radius 2 is 2.20 bits per heavy atom. The van der Waals surface area contributed by atoms with Crippen LogP contribution < -0.4 is 4.74 Å². The molecule has 2 nitrogen and oxygen atoms in total. The molecule has 0 unspecified atom stereocenters. The van der Waals surface area contributed by atoms with Gasteiger partial charge in [-0.15, -0.1) is 0 Å². The van der Waals surface area contributed by atoms with Gasteiger partial charge in [0.05, 0.1) is 7.11 Å². The monoisotopic (exact) mass is 141 g/mol. The van der Waals surface area contributed by atoms with Crippen molar-refractivity contribution in [1.82, 2.24) is 4.98 Å². The first-order chi connectivity index (χ1) is 4.74. The minimum Gasteiger partial charge on any atom is -0.481 e. The Labute approximate surface area is 58.7 Å². The number of ether oxygens (including phenoxy) is 1. The van der Waals surface area contributed by atoms with Crippen LogP contribution in [0.5, 0.6) is 5.88 Å². The van der Waals surface area contributed by atoms with E-state index in [0.29, 0.717) is 5.88 Å². The van der Waals surface area contributed by atoms with Crippen molar-refractivity contribution in [2.24, 2.45) is 0 Å². The van der Waals surface area contributed by atoms with E-state index in [1.165, 1.54) is 13.2 Å². The van der Waals surface area contributed by atoms with Gasteiger partial charge < -0.3 is 4.74 Å². The van der Waals surface area contributed by atoms with Crippen molar-refractivity contribution in [2.45, 2.75) is 6.92 Å². The molecule has 0 N–H and O–H groups in total. The van der Waals surface area contributed by atoms with E-state index < -0.39 is 5.95 Å². The Kier molecular flexibility index (Phi) is 1.85. The molecule has 1 heterocycles. The maximum Gasteiger partial charge on any atom is 0.218 e. The van der Waals surface area contributed by atoms with Crippen molar-refractivity contribution in [2.75, 3.05) is 7.11 Å². The molecule has 0 saturated heterocycles. The minimum atomic E-state index is -0.512. The van der Waals surface area contributed by atoms with Crippen LogP contribution in [0.3, 0.4) is 0 Å². The number of hydrogen-bond donors (Lipinski definition) is 0. The van der Waals surface area contributed by atoms with Crippen molar-refractivity contribution in [3.8, 4) is 5.88 Å². The molecule has 0 aliphatic heterocycles. The second-order valence-corrected chi connectivity index (χ2v) is 1.96. The summed E-state index contributed by atoms with van der Waals surface area (Å²) in [6.45, 7) is 1.81. The normalized spacial score (nSPS) is 9.50. The third-order valence-corrected chi connectivity index (χ3v) is 1.21. The first-order valence-corrected chi connectivity index (χ1v) is 2.91. The van der Waals surface area contributed by atoms with Crippen LogP contribution >= 0.6 is 0 Å². The Bertz CT molecular complexity index is 237. The predicted molar refractivity (Wildman–Crippen MR) is 35.5 cm³/mol. The van der Waals surface area contributed by atoms with E-state index in [1.807, 2.05) is 6.92 Å². The molecule has 0 bridgehead atoms. The van der Waals surface area contributed by atoms with Crippen LogP contribution in [0, 0.1) is 12.9 Å². The zero-order chi connectivity index (χ0) is 7.56. The van der Waals surface area contributed by atoms with Gasteiger partial charge in [-0.3, -0.25) is 0 Å².